The number of nitrogens with zero attached hydrogens (tertiary/aromatic N) is 2. The number of halogens is 2. The van der Waals surface area contributed by atoms with Crippen molar-refractivity contribution in [3.8, 4) is 0 Å². The van der Waals surface area contributed by atoms with E-state index in [1.807, 2.05) is 0 Å². The molecular formula is C14H18ClFN2. The van der Waals surface area contributed by atoms with E-state index < -0.39 is 0 Å². The Kier molecular flexibility index (Phi) is 4.23. The van der Waals surface area contributed by atoms with Gasteiger partial charge in [0.2, 0.25) is 0 Å². The lowest BCUT2D eigenvalue weighted by Gasteiger charge is -2.16. The van der Waals surface area contributed by atoms with Gasteiger partial charge in [0, 0.05) is 6.04 Å². The Labute approximate surface area is 112 Å². The molecule has 0 N–H and O–H groups in total. The van der Waals surface area contributed by atoms with Gasteiger partial charge >= 0.3 is 0 Å². The third kappa shape index (κ3) is 2.51. The highest BCUT2D eigenvalue weighted by molar-refractivity contribution is 6.16. The van der Waals surface area contributed by atoms with E-state index >= 15 is 0 Å². The first-order valence-corrected chi connectivity index (χ1v) is 6.93. The van der Waals surface area contributed by atoms with Crippen LogP contribution in [0.15, 0.2) is 18.2 Å². The molecule has 0 fully saturated rings. The summed E-state index contributed by atoms with van der Waals surface area (Å²) < 4.78 is 15.4. The fraction of sp³-hybridized carbons (Fsp3) is 0.500. The highest BCUT2D eigenvalue weighted by atomic mass is 35.5. The van der Waals surface area contributed by atoms with Crippen LogP contribution in [0.2, 0.25) is 0 Å². The number of aromatic nitrogens is 2. The third-order valence-electron chi connectivity index (χ3n) is 3.26. The van der Waals surface area contributed by atoms with Crippen molar-refractivity contribution in [3.05, 3.63) is 29.8 Å². The first-order valence-electron chi connectivity index (χ1n) is 6.39. The van der Waals surface area contributed by atoms with Gasteiger partial charge in [0.1, 0.15) is 11.6 Å². The van der Waals surface area contributed by atoms with Crippen molar-refractivity contribution in [2.45, 2.75) is 45.0 Å². The Bertz CT molecular complexity index is 536. The summed E-state index contributed by atoms with van der Waals surface area (Å²) in [6, 6.07) is 4.99. The lowest BCUT2D eigenvalue weighted by molar-refractivity contribution is 0.485. The van der Waals surface area contributed by atoms with E-state index in [4.69, 9.17) is 11.6 Å². The molecule has 0 saturated heterocycles. The van der Waals surface area contributed by atoms with Crippen LogP contribution in [0.4, 0.5) is 4.39 Å². The molecule has 0 amide bonds. The number of hydrogen-bond acceptors (Lipinski definition) is 1. The molecule has 0 bridgehead atoms. The van der Waals surface area contributed by atoms with E-state index in [2.05, 4.69) is 23.4 Å². The number of rotatable bonds is 5. The highest BCUT2D eigenvalue weighted by Crippen LogP contribution is 2.26. The molecule has 18 heavy (non-hydrogen) atoms. The molecular weight excluding hydrogens is 251 g/mol. The fourth-order valence-electron chi connectivity index (χ4n) is 2.33. The molecule has 1 unspecified atom stereocenters. The second kappa shape index (κ2) is 5.70. The molecule has 0 spiro atoms. The maximum Gasteiger partial charge on any atom is 0.125 e. The Balaban J connectivity index is 2.48. The van der Waals surface area contributed by atoms with Crippen LogP contribution in [0.5, 0.6) is 0 Å². The SMILES string of the molecule is CCCCC(C)n1c(CCl)nc2ccc(F)cc21. The summed E-state index contributed by atoms with van der Waals surface area (Å²) in [5.41, 5.74) is 1.66. The molecule has 2 aromatic rings. The van der Waals surface area contributed by atoms with Gasteiger partial charge < -0.3 is 4.57 Å². The smallest absolute Gasteiger partial charge is 0.125 e. The minimum absolute atomic E-state index is 0.229. The van der Waals surface area contributed by atoms with Crippen molar-refractivity contribution in [2.24, 2.45) is 0 Å². The van der Waals surface area contributed by atoms with Crippen molar-refractivity contribution in [3.63, 3.8) is 0 Å². The minimum atomic E-state index is -0.229. The number of hydrogen-bond donors (Lipinski definition) is 0. The van der Waals surface area contributed by atoms with Gasteiger partial charge in [-0.15, -0.1) is 11.6 Å². The van der Waals surface area contributed by atoms with Crippen molar-refractivity contribution in [1.82, 2.24) is 9.55 Å². The monoisotopic (exact) mass is 268 g/mol. The Morgan fingerprint density at radius 1 is 1.44 bits per heavy atom. The lowest BCUT2D eigenvalue weighted by Crippen LogP contribution is -2.08. The second-order valence-electron chi connectivity index (χ2n) is 4.66. The molecule has 1 atom stereocenters. The summed E-state index contributed by atoms with van der Waals surface area (Å²) in [5.74, 6) is 0.945. The van der Waals surface area contributed by atoms with E-state index in [0.29, 0.717) is 11.9 Å². The summed E-state index contributed by atoms with van der Waals surface area (Å²) in [6.45, 7) is 4.30. The largest absolute Gasteiger partial charge is 0.324 e. The van der Waals surface area contributed by atoms with Crippen LogP contribution >= 0.6 is 11.6 Å². The molecule has 1 aromatic carbocycles. The first kappa shape index (κ1) is 13.3. The maximum atomic E-state index is 13.4. The zero-order chi connectivity index (χ0) is 13.1. The van der Waals surface area contributed by atoms with Crippen LogP contribution in [0.1, 0.15) is 45.0 Å². The summed E-state index contributed by atoms with van der Waals surface area (Å²) in [7, 11) is 0. The quantitative estimate of drug-likeness (QED) is 0.721. The molecule has 0 aliphatic rings. The lowest BCUT2D eigenvalue weighted by atomic mass is 10.1. The Morgan fingerprint density at radius 3 is 2.89 bits per heavy atom. The second-order valence-corrected chi connectivity index (χ2v) is 4.92. The van der Waals surface area contributed by atoms with Crippen LogP contribution in [0.25, 0.3) is 11.0 Å². The highest BCUT2D eigenvalue weighted by Gasteiger charge is 2.15. The summed E-state index contributed by atoms with van der Waals surface area (Å²) in [6.07, 6.45) is 3.36. The molecule has 0 aliphatic heterocycles. The van der Waals surface area contributed by atoms with Crippen molar-refractivity contribution >= 4 is 22.6 Å². The van der Waals surface area contributed by atoms with E-state index in [9.17, 15) is 4.39 Å². The van der Waals surface area contributed by atoms with Gasteiger partial charge in [-0.3, -0.25) is 0 Å². The van der Waals surface area contributed by atoms with Crippen molar-refractivity contribution in [1.29, 1.82) is 0 Å². The number of imidazole rings is 1. The van der Waals surface area contributed by atoms with Gasteiger partial charge in [0.15, 0.2) is 0 Å². The van der Waals surface area contributed by atoms with Gasteiger partial charge in [-0.2, -0.15) is 0 Å². The van der Waals surface area contributed by atoms with E-state index in [1.165, 1.54) is 6.07 Å². The average molecular weight is 269 g/mol. The van der Waals surface area contributed by atoms with Gasteiger partial charge in [-0.05, 0) is 31.5 Å². The van der Waals surface area contributed by atoms with E-state index in [-0.39, 0.29) is 5.82 Å². The number of fused-ring (bicyclic) bond motifs is 1. The van der Waals surface area contributed by atoms with Gasteiger partial charge in [0.25, 0.3) is 0 Å². The average Bonchev–Trinajstić information content (AvgIpc) is 2.73. The predicted molar refractivity (Wildman–Crippen MR) is 73.5 cm³/mol. The molecule has 0 saturated carbocycles. The van der Waals surface area contributed by atoms with Gasteiger partial charge in [0.05, 0.1) is 16.9 Å². The Morgan fingerprint density at radius 2 is 2.22 bits per heavy atom. The molecule has 1 heterocycles. The molecule has 2 nitrogen and oxygen atoms in total. The van der Waals surface area contributed by atoms with Crippen molar-refractivity contribution < 1.29 is 4.39 Å². The van der Waals surface area contributed by atoms with Crippen LogP contribution < -0.4 is 0 Å². The normalized spacial score (nSPS) is 13.1. The standard InChI is InChI=1S/C14H18ClFN2/c1-3-4-5-10(2)18-13-8-11(16)6-7-12(13)17-14(18)9-15/h6-8,10H,3-5,9H2,1-2H3. The fourth-order valence-corrected chi connectivity index (χ4v) is 2.52. The van der Waals surface area contributed by atoms with Crippen LogP contribution in [0, 0.1) is 5.82 Å². The van der Waals surface area contributed by atoms with Crippen LogP contribution in [0.3, 0.4) is 0 Å². The Hall–Kier alpha value is -1.09. The molecule has 2 rings (SSSR count). The number of unbranched alkanes of at least 4 members (excludes halogenated alkanes) is 1. The topological polar surface area (TPSA) is 17.8 Å². The predicted octanol–water partition coefficient (Wildman–Crippen LogP) is 4.67. The van der Waals surface area contributed by atoms with Crippen LogP contribution in [-0.2, 0) is 5.88 Å². The minimum Gasteiger partial charge on any atom is -0.324 e. The zero-order valence-electron chi connectivity index (χ0n) is 10.8. The van der Waals surface area contributed by atoms with E-state index in [0.717, 1.165) is 36.1 Å². The zero-order valence-corrected chi connectivity index (χ0v) is 11.5. The van der Waals surface area contributed by atoms with E-state index in [1.54, 1.807) is 12.1 Å². The summed E-state index contributed by atoms with van der Waals surface area (Å²) in [4.78, 5) is 4.47. The molecule has 0 aliphatic carbocycles. The van der Waals surface area contributed by atoms with Crippen LogP contribution in [-0.4, -0.2) is 9.55 Å². The number of alkyl halides is 1. The van der Waals surface area contributed by atoms with Gasteiger partial charge in [-0.1, -0.05) is 19.8 Å². The van der Waals surface area contributed by atoms with Crippen molar-refractivity contribution in [2.75, 3.05) is 0 Å². The summed E-state index contributed by atoms with van der Waals surface area (Å²) >= 11 is 5.94. The molecule has 4 heteroatoms. The maximum absolute atomic E-state index is 13.4. The molecule has 1 aromatic heterocycles. The first-order chi connectivity index (χ1) is 8.67. The number of benzene rings is 1. The summed E-state index contributed by atoms with van der Waals surface area (Å²) in [5, 5.41) is 0. The van der Waals surface area contributed by atoms with Gasteiger partial charge in [-0.25, -0.2) is 9.37 Å². The molecule has 98 valence electrons. The molecule has 0 radical (unpaired) electrons. The third-order valence-corrected chi connectivity index (χ3v) is 3.50.